The Morgan fingerprint density at radius 2 is 2.24 bits per heavy atom. The lowest BCUT2D eigenvalue weighted by atomic mass is 10.2. The summed E-state index contributed by atoms with van der Waals surface area (Å²) in [5.41, 5.74) is 1.22. The van der Waals surface area contributed by atoms with E-state index >= 15 is 0 Å². The molecular formula is C11H12BrN3OS. The number of aromatic nitrogens is 3. The van der Waals surface area contributed by atoms with Crippen LogP contribution >= 0.6 is 27.7 Å². The number of thioether (sulfide) groups is 1. The van der Waals surface area contributed by atoms with E-state index in [9.17, 15) is 0 Å². The molecule has 1 aromatic carbocycles. The second kappa shape index (κ2) is 5.66. The van der Waals surface area contributed by atoms with E-state index in [1.807, 2.05) is 23.7 Å². The van der Waals surface area contributed by atoms with Crippen molar-refractivity contribution in [2.75, 3.05) is 0 Å². The SMILES string of the molecule is Cn1c(CO)nnc1SCc1cccc(Br)c1. The van der Waals surface area contributed by atoms with Crippen molar-refractivity contribution in [3.05, 3.63) is 40.1 Å². The molecule has 90 valence electrons. The van der Waals surface area contributed by atoms with Gasteiger partial charge in [0, 0.05) is 17.3 Å². The first-order valence-electron chi connectivity index (χ1n) is 5.07. The number of aliphatic hydroxyl groups excluding tert-OH is 1. The predicted octanol–water partition coefficient (Wildman–Crippen LogP) is 2.36. The molecule has 0 aliphatic heterocycles. The van der Waals surface area contributed by atoms with Crippen LogP contribution in [-0.4, -0.2) is 19.9 Å². The average molecular weight is 314 g/mol. The highest BCUT2D eigenvalue weighted by Gasteiger charge is 2.08. The zero-order valence-electron chi connectivity index (χ0n) is 9.30. The van der Waals surface area contributed by atoms with E-state index in [0.29, 0.717) is 5.82 Å². The van der Waals surface area contributed by atoms with Crippen molar-refractivity contribution in [1.29, 1.82) is 0 Å². The minimum absolute atomic E-state index is 0.0824. The minimum Gasteiger partial charge on any atom is -0.388 e. The van der Waals surface area contributed by atoms with Crippen LogP contribution in [0.5, 0.6) is 0 Å². The first kappa shape index (κ1) is 12.6. The van der Waals surface area contributed by atoms with E-state index in [2.05, 4.69) is 38.3 Å². The van der Waals surface area contributed by atoms with E-state index < -0.39 is 0 Å². The zero-order chi connectivity index (χ0) is 12.3. The van der Waals surface area contributed by atoms with Gasteiger partial charge in [0.05, 0.1) is 0 Å². The van der Waals surface area contributed by atoms with Crippen LogP contribution in [0.2, 0.25) is 0 Å². The van der Waals surface area contributed by atoms with Crippen molar-refractivity contribution in [1.82, 2.24) is 14.8 Å². The van der Waals surface area contributed by atoms with Gasteiger partial charge in [-0.1, -0.05) is 39.8 Å². The van der Waals surface area contributed by atoms with Crippen molar-refractivity contribution in [3.8, 4) is 0 Å². The topological polar surface area (TPSA) is 50.9 Å². The highest BCUT2D eigenvalue weighted by atomic mass is 79.9. The molecule has 1 aromatic heterocycles. The van der Waals surface area contributed by atoms with Crippen LogP contribution in [0.4, 0.5) is 0 Å². The third-order valence-electron chi connectivity index (χ3n) is 2.32. The number of benzene rings is 1. The van der Waals surface area contributed by atoms with Crippen molar-refractivity contribution >= 4 is 27.7 Å². The van der Waals surface area contributed by atoms with Gasteiger partial charge in [-0.05, 0) is 17.7 Å². The smallest absolute Gasteiger partial charge is 0.191 e. The summed E-state index contributed by atoms with van der Waals surface area (Å²) in [6.07, 6.45) is 0. The number of rotatable bonds is 4. The molecular weight excluding hydrogens is 302 g/mol. The minimum atomic E-state index is -0.0824. The summed E-state index contributed by atoms with van der Waals surface area (Å²) in [5, 5.41) is 17.8. The number of aliphatic hydroxyl groups is 1. The summed E-state index contributed by atoms with van der Waals surface area (Å²) in [7, 11) is 1.86. The largest absolute Gasteiger partial charge is 0.388 e. The summed E-state index contributed by atoms with van der Waals surface area (Å²) < 4.78 is 2.88. The van der Waals surface area contributed by atoms with E-state index in [4.69, 9.17) is 5.11 Å². The maximum absolute atomic E-state index is 9.01. The number of halogens is 1. The van der Waals surface area contributed by atoms with Crippen molar-refractivity contribution in [3.63, 3.8) is 0 Å². The van der Waals surface area contributed by atoms with Gasteiger partial charge in [-0.3, -0.25) is 0 Å². The fraction of sp³-hybridized carbons (Fsp3) is 0.273. The second-order valence-electron chi connectivity index (χ2n) is 3.53. The second-order valence-corrected chi connectivity index (χ2v) is 5.39. The Hall–Kier alpha value is -0.850. The molecule has 0 saturated carbocycles. The predicted molar refractivity (Wildman–Crippen MR) is 70.6 cm³/mol. The molecule has 1 heterocycles. The Kier molecular flexibility index (Phi) is 4.20. The van der Waals surface area contributed by atoms with Crippen LogP contribution < -0.4 is 0 Å². The van der Waals surface area contributed by atoms with E-state index in [1.165, 1.54) is 5.56 Å². The first-order chi connectivity index (χ1) is 8.20. The third-order valence-corrected chi connectivity index (χ3v) is 3.91. The van der Waals surface area contributed by atoms with Crippen LogP contribution in [-0.2, 0) is 19.4 Å². The Morgan fingerprint density at radius 3 is 2.88 bits per heavy atom. The molecule has 0 atom stereocenters. The Balaban J connectivity index is 2.05. The third kappa shape index (κ3) is 3.08. The highest BCUT2D eigenvalue weighted by molar-refractivity contribution is 9.10. The van der Waals surface area contributed by atoms with Crippen LogP contribution in [0.3, 0.4) is 0 Å². The molecule has 0 fully saturated rings. The van der Waals surface area contributed by atoms with Gasteiger partial charge in [-0.25, -0.2) is 0 Å². The summed E-state index contributed by atoms with van der Waals surface area (Å²) in [4.78, 5) is 0. The molecule has 0 amide bonds. The fourth-order valence-corrected chi connectivity index (χ4v) is 2.70. The fourth-order valence-electron chi connectivity index (χ4n) is 1.38. The molecule has 0 spiro atoms. The van der Waals surface area contributed by atoms with Crippen LogP contribution in [0.25, 0.3) is 0 Å². The van der Waals surface area contributed by atoms with Crippen LogP contribution in [0.15, 0.2) is 33.9 Å². The first-order valence-corrected chi connectivity index (χ1v) is 6.85. The Labute approximate surface area is 112 Å². The van der Waals surface area contributed by atoms with Gasteiger partial charge in [-0.2, -0.15) is 0 Å². The summed E-state index contributed by atoms with van der Waals surface area (Å²) in [6.45, 7) is -0.0824. The molecule has 0 radical (unpaired) electrons. The van der Waals surface area contributed by atoms with Crippen molar-refractivity contribution in [2.24, 2.45) is 7.05 Å². The normalized spacial score (nSPS) is 10.8. The summed E-state index contributed by atoms with van der Waals surface area (Å²) in [5.74, 6) is 1.42. The van der Waals surface area contributed by atoms with Gasteiger partial charge in [0.15, 0.2) is 11.0 Å². The van der Waals surface area contributed by atoms with Gasteiger partial charge >= 0.3 is 0 Å². The van der Waals surface area contributed by atoms with Gasteiger partial charge in [0.25, 0.3) is 0 Å². The lowest BCUT2D eigenvalue weighted by Gasteiger charge is -2.02. The molecule has 2 aromatic rings. The molecule has 0 saturated heterocycles. The molecule has 0 aliphatic rings. The van der Waals surface area contributed by atoms with Crippen molar-refractivity contribution in [2.45, 2.75) is 17.5 Å². The Bertz CT molecular complexity index is 515. The average Bonchev–Trinajstić information content (AvgIpc) is 2.67. The van der Waals surface area contributed by atoms with Gasteiger partial charge in [-0.15, -0.1) is 10.2 Å². The highest BCUT2D eigenvalue weighted by Crippen LogP contribution is 2.22. The Morgan fingerprint density at radius 1 is 1.41 bits per heavy atom. The maximum atomic E-state index is 9.01. The van der Waals surface area contributed by atoms with Gasteiger partial charge < -0.3 is 9.67 Å². The van der Waals surface area contributed by atoms with Gasteiger partial charge in [0.1, 0.15) is 6.61 Å². The molecule has 6 heteroatoms. The van der Waals surface area contributed by atoms with Crippen LogP contribution in [0.1, 0.15) is 11.4 Å². The van der Waals surface area contributed by atoms with E-state index in [0.717, 1.165) is 15.4 Å². The summed E-state index contributed by atoms with van der Waals surface area (Å²) in [6, 6.07) is 8.16. The van der Waals surface area contributed by atoms with Crippen LogP contribution in [0, 0.1) is 0 Å². The monoisotopic (exact) mass is 313 g/mol. The standard InChI is InChI=1S/C11H12BrN3OS/c1-15-10(6-16)13-14-11(15)17-7-8-3-2-4-9(12)5-8/h2-5,16H,6-7H2,1H3. The summed E-state index contributed by atoms with van der Waals surface area (Å²) >= 11 is 5.05. The van der Waals surface area contributed by atoms with Crippen molar-refractivity contribution < 1.29 is 5.11 Å². The number of hydrogen-bond acceptors (Lipinski definition) is 4. The molecule has 0 bridgehead atoms. The molecule has 17 heavy (non-hydrogen) atoms. The van der Waals surface area contributed by atoms with E-state index in [-0.39, 0.29) is 6.61 Å². The molecule has 2 rings (SSSR count). The maximum Gasteiger partial charge on any atom is 0.191 e. The van der Waals surface area contributed by atoms with Gasteiger partial charge in [0.2, 0.25) is 0 Å². The number of hydrogen-bond donors (Lipinski definition) is 1. The number of nitrogens with zero attached hydrogens (tertiary/aromatic N) is 3. The lowest BCUT2D eigenvalue weighted by Crippen LogP contribution is -1.98. The zero-order valence-corrected chi connectivity index (χ0v) is 11.7. The quantitative estimate of drug-likeness (QED) is 0.880. The molecule has 0 aliphatic carbocycles. The molecule has 4 nitrogen and oxygen atoms in total. The molecule has 0 unspecified atom stereocenters. The van der Waals surface area contributed by atoms with E-state index in [1.54, 1.807) is 11.8 Å². The lowest BCUT2D eigenvalue weighted by molar-refractivity contribution is 0.266. The molecule has 1 N–H and O–H groups in total.